The molecular weight excluding hydrogens is 408 g/mol. The minimum absolute atomic E-state index is 0.0387. The molecule has 1 saturated heterocycles. The molecule has 9 heteroatoms. The van der Waals surface area contributed by atoms with Gasteiger partial charge in [0.2, 0.25) is 5.43 Å². The van der Waals surface area contributed by atoms with Gasteiger partial charge in [0.05, 0.1) is 30.2 Å². The van der Waals surface area contributed by atoms with Crippen LogP contribution in [0.3, 0.4) is 0 Å². The Morgan fingerprint density at radius 2 is 1.74 bits per heavy atom. The second kappa shape index (κ2) is 8.12. The van der Waals surface area contributed by atoms with Gasteiger partial charge in [-0.25, -0.2) is 0 Å². The normalized spacial score (nSPS) is 23.8. The highest BCUT2D eigenvalue weighted by atomic mass is 16.5. The summed E-state index contributed by atoms with van der Waals surface area (Å²) in [6.07, 6.45) is -4.82. The lowest BCUT2D eigenvalue weighted by Gasteiger charge is -2.36. The summed E-state index contributed by atoms with van der Waals surface area (Å²) >= 11 is 0. The fourth-order valence-electron chi connectivity index (χ4n) is 3.70. The topological polar surface area (TPSA) is 147 Å². The summed E-state index contributed by atoms with van der Waals surface area (Å²) < 4.78 is 16.7. The zero-order valence-electron chi connectivity index (χ0n) is 16.4. The molecular formula is C22H20O9. The van der Waals surface area contributed by atoms with Crippen LogP contribution in [0, 0.1) is 0 Å². The number of hydrogen-bond acceptors (Lipinski definition) is 9. The number of hydrogen-bond donors (Lipinski definition) is 4. The molecule has 4 rings (SSSR count). The molecule has 0 spiro atoms. The molecule has 0 unspecified atom stereocenters. The van der Waals surface area contributed by atoms with Crippen LogP contribution < -0.4 is 10.2 Å². The number of benzene rings is 2. The predicted molar refractivity (Wildman–Crippen MR) is 108 cm³/mol. The Morgan fingerprint density at radius 3 is 2.39 bits per heavy atom. The van der Waals surface area contributed by atoms with Gasteiger partial charge in [-0.15, -0.1) is 0 Å². The fraction of sp³-hybridized carbons (Fsp3) is 0.273. The average molecular weight is 428 g/mol. The van der Waals surface area contributed by atoms with Crippen molar-refractivity contribution in [3.8, 4) is 22.6 Å². The lowest BCUT2D eigenvalue weighted by molar-refractivity contribution is -0.189. The van der Waals surface area contributed by atoms with E-state index < -0.39 is 36.8 Å². The van der Waals surface area contributed by atoms with Gasteiger partial charge in [-0.05, 0) is 29.8 Å². The van der Waals surface area contributed by atoms with E-state index in [-0.39, 0.29) is 39.0 Å². The molecule has 1 aliphatic heterocycles. The molecule has 0 amide bonds. The van der Waals surface area contributed by atoms with Gasteiger partial charge in [0, 0.05) is 0 Å². The van der Waals surface area contributed by atoms with Crippen LogP contribution >= 0.6 is 0 Å². The molecule has 3 aromatic rings. The van der Waals surface area contributed by atoms with Crippen LogP contribution in [0.25, 0.3) is 22.1 Å². The van der Waals surface area contributed by atoms with E-state index >= 15 is 0 Å². The smallest absolute Gasteiger partial charge is 0.200 e. The second-order valence-electron chi connectivity index (χ2n) is 7.15. The van der Waals surface area contributed by atoms with Gasteiger partial charge in [-0.2, -0.15) is 0 Å². The van der Waals surface area contributed by atoms with Crippen LogP contribution in [0.5, 0.6) is 11.5 Å². The molecule has 2 aromatic carbocycles. The lowest BCUT2D eigenvalue weighted by atomic mass is 9.91. The van der Waals surface area contributed by atoms with Crippen LogP contribution in [0.1, 0.15) is 11.7 Å². The molecule has 2 heterocycles. The number of carbonyl (C=O) groups is 1. The van der Waals surface area contributed by atoms with Crippen LogP contribution in [-0.4, -0.2) is 58.2 Å². The summed E-state index contributed by atoms with van der Waals surface area (Å²) in [4.78, 5) is 25.5. The predicted octanol–water partition coefficient (Wildman–Crippen LogP) is 0.897. The molecule has 1 fully saturated rings. The van der Waals surface area contributed by atoms with Crippen molar-refractivity contribution < 1.29 is 39.1 Å². The number of aromatic hydroxyl groups is 1. The van der Waals surface area contributed by atoms with Crippen LogP contribution in [-0.2, 0) is 9.53 Å². The maximum absolute atomic E-state index is 13.2. The molecule has 162 valence electrons. The summed E-state index contributed by atoms with van der Waals surface area (Å²) in [7, 11) is 1.36. The number of ether oxygens (including phenoxy) is 2. The molecule has 0 radical (unpaired) electrons. The van der Waals surface area contributed by atoms with E-state index in [9.17, 15) is 30.0 Å². The zero-order chi connectivity index (χ0) is 22.3. The number of aliphatic hydroxyl groups is 3. The first-order valence-electron chi connectivity index (χ1n) is 9.45. The molecule has 4 N–H and O–H groups in total. The van der Waals surface area contributed by atoms with Gasteiger partial charge in [0.25, 0.3) is 0 Å². The number of rotatable bonds is 4. The Bertz CT molecular complexity index is 1180. The summed E-state index contributed by atoms with van der Waals surface area (Å²) in [6.45, 7) is -0.655. The Balaban J connectivity index is 1.91. The van der Waals surface area contributed by atoms with Crippen molar-refractivity contribution in [1.82, 2.24) is 0 Å². The molecule has 4 atom stereocenters. The molecule has 1 aromatic heterocycles. The number of phenolic OH excluding ortho intramolecular Hbond substituents is 1. The lowest BCUT2D eigenvalue weighted by Crippen LogP contribution is -2.52. The first-order chi connectivity index (χ1) is 14.9. The summed E-state index contributed by atoms with van der Waals surface area (Å²) in [6, 6.07) is 8.99. The highest BCUT2D eigenvalue weighted by Crippen LogP contribution is 2.40. The number of aliphatic hydroxyl groups excluding tert-OH is 3. The number of ketones is 1. The average Bonchev–Trinajstić information content (AvgIpc) is 2.78. The van der Waals surface area contributed by atoms with Crippen molar-refractivity contribution >= 4 is 16.8 Å². The number of methoxy groups -OCH3 is 1. The van der Waals surface area contributed by atoms with Gasteiger partial charge in [-0.1, -0.05) is 12.1 Å². The van der Waals surface area contributed by atoms with Gasteiger partial charge in [0.15, 0.2) is 5.78 Å². The van der Waals surface area contributed by atoms with Gasteiger partial charge in [-0.3, -0.25) is 9.59 Å². The van der Waals surface area contributed by atoms with Crippen molar-refractivity contribution in [2.45, 2.75) is 24.4 Å². The van der Waals surface area contributed by atoms with Gasteiger partial charge in [0.1, 0.15) is 47.8 Å². The third kappa shape index (κ3) is 3.47. The quantitative estimate of drug-likeness (QED) is 0.476. The number of Topliss-reactive ketones (excluding diaryl/α,β-unsaturated/α-hetero) is 1. The fourth-order valence-corrected chi connectivity index (χ4v) is 3.70. The Kier molecular flexibility index (Phi) is 5.50. The summed E-state index contributed by atoms with van der Waals surface area (Å²) in [5, 5.41) is 39.5. The first kappa shape index (κ1) is 21.0. The van der Waals surface area contributed by atoms with E-state index in [1.807, 2.05) is 0 Å². The summed E-state index contributed by atoms with van der Waals surface area (Å²) in [5.41, 5.74) is 0.537. The van der Waals surface area contributed by atoms with Crippen LogP contribution in [0.15, 0.2) is 51.9 Å². The van der Waals surface area contributed by atoms with E-state index in [1.165, 1.54) is 37.6 Å². The zero-order valence-corrected chi connectivity index (χ0v) is 16.4. The van der Waals surface area contributed by atoms with Crippen molar-refractivity contribution in [3.05, 3.63) is 58.4 Å². The minimum Gasteiger partial charge on any atom is -0.508 e. The van der Waals surface area contributed by atoms with Crippen LogP contribution in [0.4, 0.5) is 0 Å². The largest absolute Gasteiger partial charge is 0.508 e. The Labute approximate surface area is 175 Å². The van der Waals surface area contributed by atoms with E-state index in [0.717, 1.165) is 0 Å². The maximum atomic E-state index is 13.2. The highest BCUT2D eigenvalue weighted by molar-refractivity contribution is 5.91. The Hall–Kier alpha value is -3.24. The number of fused-ring (bicyclic) bond motifs is 1. The number of phenols is 1. The van der Waals surface area contributed by atoms with Crippen molar-refractivity contribution in [2.24, 2.45) is 0 Å². The van der Waals surface area contributed by atoms with E-state index in [1.54, 1.807) is 12.1 Å². The standard InChI is InChI=1S/C22H20O9/c1-29-14-7-6-12-17(25)13(10-2-4-11(24)5-3-10)9-30-21(12)16(14)22-20(28)19(27)18(26)15(8-23)31-22/h2-7,9,15,18,20,22-24,26,28H,8H2,1H3/t15-,18-,20-,22+/m1/s1. The Morgan fingerprint density at radius 1 is 1.03 bits per heavy atom. The van der Waals surface area contributed by atoms with Crippen molar-refractivity contribution in [1.29, 1.82) is 0 Å². The molecule has 0 bridgehead atoms. The van der Waals surface area contributed by atoms with E-state index in [2.05, 4.69) is 0 Å². The SMILES string of the molecule is COc1ccc2c(=O)c(-c3ccc(O)cc3)coc2c1[C@@H]1O[C@H](CO)[C@@H](O)C(=O)[C@H]1O. The molecule has 0 saturated carbocycles. The molecule has 9 nitrogen and oxygen atoms in total. The molecule has 31 heavy (non-hydrogen) atoms. The number of carbonyl (C=O) groups excluding carboxylic acids is 1. The minimum atomic E-state index is -1.76. The van der Waals surface area contributed by atoms with Gasteiger partial charge < -0.3 is 34.3 Å². The second-order valence-corrected chi connectivity index (χ2v) is 7.15. The third-order valence-electron chi connectivity index (χ3n) is 5.35. The molecule has 0 aliphatic carbocycles. The first-order valence-corrected chi connectivity index (χ1v) is 9.45. The van der Waals surface area contributed by atoms with Gasteiger partial charge >= 0.3 is 0 Å². The van der Waals surface area contributed by atoms with E-state index in [0.29, 0.717) is 5.56 Å². The van der Waals surface area contributed by atoms with Crippen LogP contribution in [0.2, 0.25) is 0 Å². The maximum Gasteiger partial charge on any atom is 0.200 e. The van der Waals surface area contributed by atoms with E-state index in [4.69, 9.17) is 13.9 Å². The molecule has 1 aliphatic rings. The van der Waals surface area contributed by atoms with Crippen molar-refractivity contribution in [2.75, 3.05) is 13.7 Å². The third-order valence-corrected chi connectivity index (χ3v) is 5.35. The van der Waals surface area contributed by atoms with Crippen molar-refractivity contribution in [3.63, 3.8) is 0 Å². The summed E-state index contributed by atoms with van der Waals surface area (Å²) in [5.74, 6) is -0.676. The monoisotopic (exact) mass is 428 g/mol. The highest BCUT2D eigenvalue weighted by Gasteiger charge is 2.45.